The van der Waals surface area contributed by atoms with E-state index in [1.54, 1.807) is 37.3 Å². The average molecular weight is 445 g/mol. The van der Waals surface area contributed by atoms with E-state index >= 15 is 0 Å². The first-order valence-electron chi connectivity index (χ1n) is 10.0. The molecule has 0 aliphatic carbocycles. The van der Waals surface area contributed by atoms with Gasteiger partial charge in [-0.2, -0.15) is 0 Å². The molecule has 2 heterocycles. The highest BCUT2D eigenvalue weighted by Gasteiger charge is 2.16. The van der Waals surface area contributed by atoms with Crippen LogP contribution in [0.15, 0.2) is 71.8 Å². The lowest BCUT2D eigenvalue weighted by Gasteiger charge is -2.14. The summed E-state index contributed by atoms with van der Waals surface area (Å²) >= 11 is 0. The number of H-pyrrole nitrogens is 1. The van der Waals surface area contributed by atoms with E-state index in [4.69, 9.17) is 9.47 Å². The number of esters is 1. The van der Waals surface area contributed by atoms with Crippen molar-refractivity contribution in [2.75, 3.05) is 11.9 Å². The van der Waals surface area contributed by atoms with E-state index in [2.05, 4.69) is 15.3 Å². The summed E-state index contributed by atoms with van der Waals surface area (Å²) in [7, 11) is 0. The molecule has 0 saturated heterocycles. The van der Waals surface area contributed by atoms with E-state index in [1.807, 2.05) is 0 Å². The van der Waals surface area contributed by atoms with Gasteiger partial charge in [-0.1, -0.05) is 6.07 Å². The number of aromatic nitrogens is 2. The summed E-state index contributed by atoms with van der Waals surface area (Å²) < 4.78 is 10.4. The maximum Gasteiger partial charge on any atom is 0.411 e. The number of phenolic OH excluding ortho intramolecular Hbond substituents is 1. The van der Waals surface area contributed by atoms with Gasteiger partial charge in [-0.3, -0.25) is 15.1 Å². The standard InChI is InChI=1S/C24H19N3O6/c1-2-32-24(31)27-18-11-15(33-23(30)14-5-4-10-25-13-14)8-9-16(18)19-12-21(29)22-17(26-19)6-3-7-20(22)28/h3-13,28H,2H2,1H3,(H,26,29)(H,27,31). The minimum Gasteiger partial charge on any atom is -0.507 e. The Kier molecular flexibility index (Phi) is 6.03. The zero-order chi connectivity index (χ0) is 23.4. The maximum absolute atomic E-state index is 12.6. The van der Waals surface area contributed by atoms with E-state index in [1.165, 1.54) is 36.7 Å². The molecule has 0 bridgehead atoms. The smallest absolute Gasteiger partial charge is 0.411 e. The summed E-state index contributed by atoms with van der Waals surface area (Å²) in [4.78, 5) is 44.1. The summed E-state index contributed by atoms with van der Waals surface area (Å²) in [6, 6.07) is 13.8. The zero-order valence-electron chi connectivity index (χ0n) is 17.5. The molecule has 166 valence electrons. The molecule has 9 nitrogen and oxygen atoms in total. The molecule has 0 aliphatic heterocycles. The van der Waals surface area contributed by atoms with Crippen LogP contribution in [-0.2, 0) is 4.74 Å². The van der Waals surface area contributed by atoms with Gasteiger partial charge in [0.15, 0.2) is 5.43 Å². The van der Waals surface area contributed by atoms with Crippen molar-refractivity contribution in [1.29, 1.82) is 0 Å². The fraction of sp³-hybridized carbons (Fsp3) is 0.0833. The number of benzene rings is 2. The van der Waals surface area contributed by atoms with Gasteiger partial charge in [0.1, 0.15) is 11.5 Å². The molecule has 0 spiro atoms. The third-order valence-corrected chi connectivity index (χ3v) is 4.73. The van der Waals surface area contributed by atoms with Crippen LogP contribution < -0.4 is 15.5 Å². The van der Waals surface area contributed by atoms with E-state index in [-0.39, 0.29) is 34.7 Å². The van der Waals surface area contributed by atoms with Gasteiger partial charge in [-0.25, -0.2) is 9.59 Å². The minimum atomic E-state index is -0.713. The van der Waals surface area contributed by atoms with E-state index < -0.39 is 17.5 Å². The number of carbonyl (C=O) groups is 2. The normalized spacial score (nSPS) is 10.6. The average Bonchev–Trinajstić information content (AvgIpc) is 2.80. The molecular formula is C24H19N3O6. The van der Waals surface area contributed by atoms with Crippen LogP contribution in [0.2, 0.25) is 0 Å². The monoisotopic (exact) mass is 445 g/mol. The number of aromatic hydroxyl groups is 1. The van der Waals surface area contributed by atoms with Crippen LogP contribution in [0, 0.1) is 0 Å². The highest BCUT2D eigenvalue weighted by molar-refractivity contribution is 5.94. The number of hydrogen-bond acceptors (Lipinski definition) is 7. The van der Waals surface area contributed by atoms with Crippen molar-refractivity contribution in [1.82, 2.24) is 9.97 Å². The van der Waals surface area contributed by atoms with Crippen LogP contribution in [0.1, 0.15) is 17.3 Å². The van der Waals surface area contributed by atoms with Gasteiger partial charge in [0.25, 0.3) is 0 Å². The lowest BCUT2D eigenvalue weighted by Crippen LogP contribution is -2.15. The Morgan fingerprint density at radius 1 is 1.12 bits per heavy atom. The highest BCUT2D eigenvalue weighted by atomic mass is 16.5. The Hall–Kier alpha value is -4.66. The first kappa shape index (κ1) is 21.6. The molecule has 3 N–H and O–H groups in total. The number of carbonyl (C=O) groups excluding carboxylic acids is 2. The molecule has 33 heavy (non-hydrogen) atoms. The number of pyridine rings is 2. The molecule has 2 aromatic carbocycles. The number of hydrogen-bond donors (Lipinski definition) is 3. The molecule has 0 atom stereocenters. The second-order valence-corrected chi connectivity index (χ2v) is 6.93. The van der Waals surface area contributed by atoms with Crippen molar-refractivity contribution < 1.29 is 24.2 Å². The van der Waals surface area contributed by atoms with Gasteiger partial charge >= 0.3 is 12.1 Å². The van der Waals surface area contributed by atoms with Crippen molar-refractivity contribution in [3.63, 3.8) is 0 Å². The third-order valence-electron chi connectivity index (χ3n) is 4.73. The Morgan fingerprint density at radius 3 is 2.73 bits per heavy atom. The number of nitrogens with one attached hydrogen (secondary N) is 2. The Labute approximate surface area is 187 Å². The fourth-order valence-electron chi connectivity index (χ4n) is 3.28. The van der Waals surface area contributed by atoms with Crippen molar-refractivity contribution in [2.45, 2.75) is 6.92 Å². The first-order valence-corrected chi connectivity index (χ1v) is 10.0. The van der Waals surface area contributed by atoms with Gasteiger partial charge in [-0.05, 0) is 43.3 Å². The van der Waals surface area contributed by atoms with Crippen molar-refractivity contribution >= 4 is 28.7 Å². The minimum absolute atomic E-state index is 0.136. The van der Waals surface area contributed by atoms with Crippen LogP contribution in [0.25, 0.3) is 22.2 Å². The summed E-state index contributed by atoms with van der Waals surface area (Å²) in [5.41, 5.74) is 1.37. The molecular weight excluding hydrogens is 426 g/mol. The largest absolute Gasteiger partial charge is 0.507 e. The van der Waals surface area contributed by atoms with E-state index in [0.29, 0.717) is 16.8 Å². The van der Waals surface area contributed by atoms with Crippen molar-refractivity contribution in [2.24, 2.45) is 0 Å². The number of phenols is 1. The van der Waals surface area contributed by atoms with Crippen LogP contribution in [-0.4, -0.2) is 33.7 Å². The third kappa shape index (κ3) is 4.67. The topological polar surface area (TPSA) is 131 Å². The number of amides is 1. The lowest BCUT2D eigenvalue weighted by atomic mass is 10.1. The molecule has 0 aliphatic rings. The molecule has 9 heteroatoms. The van der Waals surface area contributed by atoms with Gasteiger partial charge in [0, 0.05) is 30.1 Å². The predicted molar refractivity (Wildman–Crippen MR) is 122 cm³/mol. The van der Waals surface area contributed by atoms with Gasteiger partial charge in [0.05, 0.1) is 34.5 Å². The van der Waals surface area contributed by atoms with Crippen LogP contribution in [0.4, 0.5) is 10.5 Å². The number of aromatic amines is 1. The van der Waals surface area contributed by atoms with Crippen LogP contribution in [0.5, 0.6) is 11.5 Å². The van der Waals surface area contributed by atoms with Gasteiger partial charge in [0.2, 0.25) is 0 Å². The summed E-state index contributed by atoms with van der Waals surface area (Å²) in [5.74, 6) is -0.587. The molecule has 0 radical (unpaired) electrons. The Morgan fingerprint density at radius 2 is 1.97 bits per heavy atom. The lowest BCUT2D eigenvalue weighted by molar-refractivity contribution is 0.0734. The number of fused-ring (bicyclic) bond motifs is 1. The summed E-state index contributed by atoms with van der Waals surface area (Å²) in [6.45, 7) is 1.82. The Balaban J connectivity index is 1.76. The van der Waals surface area contributed by atoms with Crippen LogP contribution in [0.3, 0.4) is 0 Å². The molecule has 4 aromatic rings. The van der Waals surface area contributed by atoms with Crippen molar-refractivity contribution in [3.05, 3.63) is 82.8 Å². The van der Waals surface area contributed by atoms with Crippen molar-refractivity contribution in [3.8, 4) is 22.8 Å². The van der Waals surface area contributed by atoms with E-state index in [0.717, 1.165) is 0 Å². The quantitative estimate of drug-likeness (QED) is 0.312. The van der Waals surface area contributed by atoms with E-state index in [9.17, 15) is 19.5 Å². The number of rotatable bonds is 5. The molecule has 0 unspecified atom stereocenters. The van der Waals surface area contributed by atoms with Crippen LogP contribution >= 0.6 is 0 Å². The second-order valence-electron chi connectivity index (χ2n) is 6.93. The molecule has 2 aromatic heterocycles. The SMILES string of the molecule is CCOC(=O)Nc1cc(OC(=O)c2cccnc2)ccc1-c1cc(=O)c2c(O)cccc2[nH]1. The number of ether oxygens (including phenoxy) is 2. The predicted octanol–water partition coefficient (Wildman–Crippen LogP) is 4.08. The maximum atomic E-state index is 12.6. The zero-order valence-corrected chi connectivity index (χ0v) is 17.5. The highest BCUT2D eigenvalue weighted by Crippen LogP contribution is 2.32. The molecule has 4 rings (SSSR count). The number of nitrogens with zero attached hydrogens (tertiary/aromatic N) is 1. The summed E-state index contributed by atoms with van der Waals surface area (Å²) in [6.07, 6.45) is 2.20. The second kappa shape index (κ2) is 9.23. The van der Waals surface area contributed by atoms with Gasteiger partial charge < -0.3 is 19.6 Å². The summed E-state index contributed by atoms with van der Waals surface area (Å²) in [5, 5.41) is 12.8. The first-order chi connectivity index (χ1) is 16.0. The molecule has 1 amide bonds. The molecule has 0 fully saturated rings. The fourth-order valence-corrected chi connectivity index (χ4v) is 3.28. The van der Waals surface area contributed by atoms with Gasteiger partial charge in [-0.15, -0.1) is 0 Å². The number of anilines is 1. The molecule has 0 saturated carbocycles. The Bertz CT molecular complexity index is 1400.